The molecule has 1 atom stereocenters. The van der Waals surface area contributed by atoms with E-state index in [0.717, 1.165) is 18.7 Å². The first kappa shape index (κ1) is 17.4. The van der Waals surface area contributed by atoms with Gasteiger partial charge >= 0.3 is 0 Å². The van der Waals surface area contributed by atoms with Crippen LogP contribution in [-0.4, -0.2) is 35.8 Å². The number of rotatable bonds is 4. The van der Waals surface area contributed by atoms with E-state index in [1.165, 1.54) is 23.2 Å². The van der Waals surface area contributed by atoms with E-state index >= 15 is 0 Å². The second-order valence-electron chi connectivity index (χ2n) is 6.24. The lowest BCUT2D eigenvalue weighted by Gasteiger charge is -2.26. The Morgan fingerprint density at radius 2 is 1.78 bits per heavy atom. The molecule has 1 saturated heterocycles. The van der Waals surface area contributed by atoms with Gasteiger partial charge in [0.25, 0.3) is 5.91 Å². The molecule has 1 aromatic heterocycles. The highest BCUT2D eigenvalue weighted by Crippen LogP contribution is 2.29. The molecule has 6 nitrogen and oxygen atoms in total. The number of morpholine rings is 1. The fourth-order valence-electron chi connectivity index (χ4n) is 3.09. The number of hydrogen-bond acceptors (Lipinski definition) is 4. The van der Waals surface area contributed by atoms with E-state index in [9.17, 15) is 9.18 Å². The molecule has 0 spiro atoms. The number of ether oxygens (including phenoxy) is 1. The van der Waals surface area contributed by atoms with Crippen molar-refractivity contribution >= 4 is 17.3 Å². The van der Waals surface area contributed by atoms with Crippen molar-refractivity contribution < 1.29 is 13.9 Å². The van der Waals surface area contributed by atoms with Gasteiger partial charge in [0, 0.05) is 30.7 Å². The van der Waals surface area contributed by atoms with Gasteiger partial charge in [-0.15, -0.1) is 0 Å². The van der Waals surface area contributed by atoms with Crippen molar-refractivity contribution in [2.75, 3.05) is 24.6 Å². The van der Waals surface area contributed by atoms with Crippen molar-refractivity contribution in [2.24, 2.45) is 0 Å². The highest BCUT2D eigenvalue weighted by molar-refractivity contribution is 6.09. The number of nitrogens with one attached hydrogen (secondary N) is 2. The van der Waals surface area contributed by atoms with Gasteiger partial charge in [0.15, 0.2) is 0 Å². The molecule has 0 bridgehead atoms. The number of benzene rings is 2. The van der Waals surface area contributed by atoms with E-state index in [1.807, 2.05) is 24.3 Å². The third kappa shape index (κ3) is 3.74. The minimum atomic E-state index is -0.356. The summed E-state index contributed by atoms with van der Waals surface area (Å²) in [6.45, 7) is 2.28. The Hall–Kier alpha value is -3.03. The standard InChI is InChI=1S/C20H19FN4O2/c21-15-3-7-17(8-4-15)25(20(26)18-9-10-23-24-18)16-5-1-14(2-6-16)19-13-22-11-12-27-19/h1-10,19,22H,11-13H2,(H,23,24)/t19-/m0/s1. The molecule has 2 aromatic carbocycles. The minimum absolute atomic E-state index is 0.00428. The number of nitrogens with zero attached hydrogens (tertiary/aromatic N) is 2. The number of hydrogen-bond donors (Lipinski definition) is 2. The largest absolute Gasteiger partial charge is 0.371 e. The lowest BCUT2D eigenvalue weighted by atomic mass is 10.1. The lowest BCUT2D eigenvalue weighted by molar-refractivity contribution is 0.0277. The van der Waals surface area contributed by atoms with Gasteiger partial charge in [-0.25, -0.2) is 4.39 Å². The summed E-state index contributed by atoms with van der Waals surface area (Å²) in [5.74, 6) is -0.632. The number of aromatic amines is 1. The zero-order chi connectivity index (χ0) is 18.6. The molecule has 0 radical (unpaired) electrons. The van der Waals surface area contributed by atoms with Gasteiger partial charge in [-0.05, 0) is 48.0 Å². The minimum Gasteiger partial charge on any atom is -0.371 e. The van der Waals surface area contributed by atoms with Crippen LogP contribution in [-0.2, 0) is 4.74 Å². The van der Waals surface area contributed by atoms with Gasteiger partial charge in [-0.2, -0.15) is 5.10 Å². The first-order chi connectivity index (χ1) is 13.2. The third-order valence-electron chi connectivity index (χ3n) is 4.47. The van der Waals surface area contributed by atoms with Gasteiger partial charge in [0.1, 0.15) is 11.5 Å². The molecular formula is C20H19FN4O2. The van der Waals surface area contributed by atoms with Crippen molar-refractivity contribution in [2.45, 2.75) is 6.10 Å². The summed E-state index contributed by atoms with van der Waals surface area (Å²) in [4.78, 5) is 14.5. The van der Waals surface area contributed by atoms with Gasteiger partial charge in [-0.3, -0.25) is 14.8 Å². The summed E-state index contributed by atoms with van der Waals surface area (Å²) in [6, 6.07) is 15.0. The Balaban J connectivity index is 1.67. The summed E-state index contributed by atoms with van der Waals surface area (Å²) >= 11 is 0. The molecule has 27 heavy (non-hydrogen) atoms. The predicted molar refractivity (Wildman–Crippen MR) is 99.5 cm³/mol. The molecule has 2 N–H and O–H groups in total. The number of H-pyrrole nitrogens is 1. The van der Waals surface area contributed by atoms with Crippen LogP contribution in [0, 0.1) is 5.82 Å². The highest BCUT2D eigenvalue weighted by atomic mass is 19.1. The third-order valence-corrected chi connectivity index (χ3v) is 4.47. The van der Waals surface area contributed by atoms with Crippen LogP contribution in [0.2, 0.25) is 0 Å². The summed E-state index contributed by atoms with van der Waals surface area (Å²) in [5, 5.41) is 9.84. The predicted octanol–water partition coefficient (Wildman–Crippen LogP) is 3.19. The molecule has 1 aliphatic rings. The van der Waals surface area contributed by atoms with Crippen molar-refractivity contribution in [3.05, 3.63) is 77.9 Å². The SMILES string of the molecule is O=C(c1ccn[nH]1)N(c1ccc(F)cc1)c1ccc([C@@H]2CNCCO2)cc1. The van der Waals surface area contributed by atoms with Gasteiger partial charge in [0.05, 0.1) is 12.7 Å². The molecule has 0 aliphatic carbocycles. The molecule has 3 aromatic rings. The Kier molecular flexibility index (Phi) is 4.95. The zero-order valence-electron chi connectivity index (χ0n) is 14.6. The number of carbonyl (C=O) groups excluding carboxylic acids is 1. The topological polar surface area (TPSA) is 70.2 Å². The maximum Gasteiger partial charge on any atom is 0.280 e. The molecule has 2 heterocycles. The molecule has 1 fully saturated rings. The monoisotopic (exact) mass is 366 g/mol. The van der Waals surface area contributed by atoms with Crippen LogP contribution in [0.4, 0.5) is 15.8 Å². The van der Waals surface area contributed by atoms with Crippen molar-refractivity contribution in [3.8, 4) is 0 Å². The number of halogens is 1. The normalized spacial score (nSPS) is 16.9. The number of carbonyl (C=O) groups is 1. The van der Waals surface area contributed by atoms with E-state index in [1.54, 1.807) is 18.2 Å². The smallest absolute Gasteiger partial charge is 0.280 e. The summed E-state index contributed by atoms with van der Waals surface area (Å²) in [5.41, 5.74) is 2.63. The van der Waals surface area contributed by atoms with Crippen LogP contribution >= 0.6 is 0 Å². The Bertz CT molecular complexity index is 889. The maximum atomic E-state index is 13.3. The summed E-state index contributed by atoms with van der Waals surface area (Å²) in [6.07, 6.45) is 1.52. The Morgan fingerprint density at radius 1 is 1.07 bits per heavy atom. The first-order valence-electron chi connectivity index (χ1n) is 8.74. The Labute approximate surface area is 156 Å². The molecule has 138 valence electrons. The maximum absolute atomic E-state index is 13.3. The molecule has 7 heteroatoms. The second kappa shape index (κ2) is 7.69. The quantitative estimate of drug-likeness (QED) is 0.744. The Morgan fingerprint density at radius 3 is 2.37 bits per heavy atom. The van der Waals surface area contributed by atoms with Crippen LogP contribution in [0.3, 0.4) is 0 Å². The molecule has 1 aliphatic heterocycles. The molecule has 0 saturated carbocycles. The lowest BCUT2D eigenvalue weighted by Crippen LogP contribution is -2.33. The second-order valence-corrected chi connectivity index (χ2v) is 6.24. The van der Waals surface area contributed by atoms with E-state index < -0.39 is 0 Å². The van der Waals surface area contributed by atoms with Crippen LogP contribution in [0.15, 0.2) is 60.8 Å². The van der Waals surface area contributed by atoms with Crippen LogP contribution < -0.4 is 10.2 Å². The molecule has 1 amide bonds. The van der Waals surface area contributed by atoms with Crippen LogP contribution in [0.5, 0.6) is 0 Å². The van der Waals surface area contributed by atoms with Gasteiger partial charge in [0.2, 0.25) is 0 Å². The van der Waals surface area contributed by atoms with Gasteiger partial charge < -0.3 is 10.1 Å². The van der Waals surface area contributed by atoms with Crippen molar-refractivity contribution in [3.63, 3.8) is 0 Å². The van der Waals surface area contributed by atoms with E-state index in [2.05, 4.69) is 15.5 Å². The van der Waals surface area contributed by atoms with Crippen molar-refractivity contribution in [1.29, 1.82) is 0 Å². The fraction of sp³-hybridized carbons (Fsp3) is 0.200. The first-order valence-corrected chi connectivity index (χ1v) is 8.74. The molecular weight excluding hydrogens is 347 g/mol. The number of amides is 1. The number of anilines is 2. The van der Waals surface area contributed by atoms with Crippen molar-refractivity contribution in [1.82, 2.24) is 15.5 Å². The van der Waals surface area contributed by atoms with E-state index in [-0.39, 0.29) is 17.8 Å². The van der Waals surface area contributed by atoms with Crippen LogP contribution in [0.25, 0.3) is 0 Å². The van der Waals surface area contributed by atoms with Crippen LogP contribution in [0.1, 0.15) is 22.2 Å². The highest BCUT2D eigenvalue weighted by Gasteiger charge is 2.22. The average molecular weight is 366 g/mol. The molecule has 4 rings (SSSR count). The van der Waals surface area contributed by atoms with E-state index in [0.29, 0.717) is 23.7 Å². The summed E-state index contributed by atoms with van der Waals surface area (Å²) < 4.78 is 19.1. The van der Waals surface area contributed by atoms with Gasteiger partial charge in [-0.1, -0.05) is 12.1 Å². The number of aromatic nitrogens is 2. The summed E-state index contributed by atoms with van der Waals surface area (Å²) in [7, 11) is 0. The van der Waals surface area contributed by atoms with E-state index in [4.69, 9.17) is 4.74 Å². The zero-order valence-corrected chi connectivity index (χ0v) is 14.6. The average Bonchev–Trinajstić information content (AvgIpc) is 3.26. The fourth-order valence-corrected chi connectivity index (χ4v) is 3.09. The molecule has 0 unspecified atom stereocenters.